The first-order valence-electron chi connectivity index (χ1n) is 12.0. The molecule has 184 valence electrons. The molecule has 0 aliphatic rings. The lowest BCUT2D eigenvalue weighted by Crippen LogP contribution is -2.10. The normalized spacial score (nSPS) is 10.8. The molecule has 5 rings (SSSR count). The Hall–Kier alpha value is -3.54. The second kappa shape index (κ2) is 12.1. The second-order valence-corrected chi connectivity index (χ2v) is 10.5. The van der Waals surface area contributed by atoms with Crippen molar-refractivity contribution in [2.24, 2.45) is 0 Å². The molecular formula is C32H25BrO3S. The number of rotatable bonds is 9. The highest BCUT2D eigenvalue weighted by Gasteiger charge is 2.18. The van der Waals surface area contributed by atoms with Gasteiger partial charge in [0.25, 0.3) is 0 Å². The Balaban J connectivity index is 1.23. The summed E-state index contributed by atoms with van der Waals surface area (Å²) < 4.78 is 12.9. The van der Waals surface area contributed by atoms with Gasteiger partial charge in [-0.15, -0.1) is 11.8 Å². The molecule has 0 saturated heterocycles. The number of carbonyl (C=O) groups excluding carboxylic acids is 1. The van der Waals surface area contributed by atoms with E-state index < -0.39 is 0 Å². The van der Waals surface area contributed by atoms with Gasteiger partial charge < -0.3 is 9.47 Å². The van der Waals surface area contributed by atoms with Gasteiger partial charge in [0, 0.05) is 15.1 Å². The van der Waals surface area contributed by atoms with Crippen LogP contribution in [0.25, 0.3) is 21.9 Å². The molecule has 0 heterocycles. The standard InChI is InChI=1S/C32H25BrO3S/c33-27-15-10-24(11-16-27)25-12-17-28(18-13-25)37-21-20-35-30-19-14-26-8-4-5-9-29(26)31(30)32(34)36-22-23-6-2-1-3-7-23/h1-19H,20-22H2. The molecule has 0 radical (unpaired) electrons. The molecule has 0 bridgehead atoms. The quantitative estimate of drug-likeness (QED) is 0.101. The van der Waals surface area contributed by atoms with Crippen molar-refractivity contribution >= 4 is 44.4 Å². The Morgan fingerprint density at radius 2 is 1.41 bits per heavy atom. The van der Waals surface area contributed by atoms with E-state index in [2.05, 4.69) is 52.3 Å². The first-order chi connectivity index (χ1) is 18.2. The molecule has 37 heavy (non-hydrogen) atoms. The van der Waals surface area contributed by atoms with Crippen molar-refractivity contribution in [3.8, 4) is 16.9 Å². The van der Waals surface area contributed by atoms with Gasteiger partial charge in [-0.2, -0.15) is 0 Å². The van der Waals surface area contributed by atoms with E-state index in [1.165, 1.54) is 16.0 Å². The maximum Gasteiger partial charge on any atom is 0.342 e. The maximum atomic E-state index is 13.2. The SMILES string of the molecule is O=C(OCc1ccccc1)c1c(OCCSc2ccc(-c3ccc(Br)cc3)cc2)ccc2ccccc12. The van der Waals surface area contributed by atoms with Crippen LogP contribution < -0.4 is 4.74 Å². The molecular weight excluding hydrogens is 544 g/mol. The van der Waals surface area contributed by atoms with Gasteiger partial charge in [0.15, 0.2) is 0 Å². The highest BCUT2D eigenvalue weighted by molar-refractivity contribution is 9.10. The van der Waals surface area contributed by atoms with Gasteiger partial charge in [-0.25, -0.2) is 4.79 Å². The molecule has 5 aromatic rings. The monoisotopic (exact) mass is 568 g/mol. The lowest BCUT2D eigenvalue weighted by molar-refractivity contribution is 0.0471. The number of hydrogen-bond donors (Lipinski definition) is 0. The van der Waals surface area contributed by atoms with Crippen molar-refractivity contribution in [1.29, 1.82) is 0 Å². The summed E-state index contributed by atoms with van der Waals surface area (Å²) in [6, 6.07) is 38.2. The zero-order valence-electron chi connectivity index (χ0n) is 20.1. The zero-order chi connectivity index (χ0) is 25.5. The first kappa shape index (κ1) is 25.1. The number of carbonyl (C=O) groups is 1. The van der Waals surface area contributed by atoms with E-state index in [4.69, 9.17) is 9.47 Å². The molecule has 0 N–H and O–H groups in total. The third-order valence-corrected chi connectivity index (χ3v) is 7.45. The highest BCUT2D eigenvalue weighted by Crippen LogP contribution is 2.30. The van der Waals surface area contributed by atoms with Crippen LogP contribution in [0.5, 0.6) is 5.75 Å². The Morgan fingerprint density at radius 3 is 2.16 bits per heavy atom. The summed E-state index contributed by atoms with van der Waals surface area (Å²) in [6.07, 6.45) is 0. The van der Waals surface area contributed by atoms with Crippen LogP contribution in [0.1, 0.15) is 15.9 Å². The van der Waals surface area contributed by atoms with E-state index in [0.29, 0.717) is 17.9 Å². The molecule has 0 aromatic heterocycles. The smallest absolute Gasteiger partial charge is 0.342 e. The predicted octanol–water partition coefficient (Wildman–Crippen LogP) is 8.80. The fourth-order valence-electron chi connectivity index (χ4n) is 4.07. The van der Waals surface area contributed by atoms with Crippen molar-refractivity contribution in [2.45, 2.75) is 11.5 Å². The molecule has 0 fully saturated rings. The Morgan fingerprint density at radius 1 is 0.730 bits per heavy atom. The van der Waals surface area contributed by atoms with Gasteiger partial charge in [-0.3, -0.25) is 0 Å². The summed E-state index contributed by atoms with van der Waals surface area (Å²) in [6.45, 7) is 0.685. The summed E-state index contributed by atoms with van der Waals surface area (Å²) in [4.78, 5) is 14.3. The number of benzene rings is 5. The van der Waals surface area contributed by atoms with Crippen LogP contribution in [0, 0.1) is 0 Å². The average Bonchev–Trinajstić information content (AvgIpc) is 2.95. The number of ether oxygens (including phenoxy) is 2. The fourth-order valence-corrected chi connectivity index (χ4v) is 5.07. The van der Waals surface area contributed by atoms with Gasteiger partial charge in [0.05, 0.1) is 6.61 Å². The van der Waals surface area contributed by atoms with Crippen LogP contribution >= 0.6 is 27.7 Å². The minimum absolute atomic E-state index is 0.217. The number of fused-ring (bicyclic) bond motifs is 1. The molecule has 0 saturated carbocycles. The number of esters is 1. The Bertz CT molecular complexity index is 1480. The van der Waals surface area contributed by atoms with Crippen molar-refractivity contribution in [2.75, 3.05) is 12.4 Å². The van der Waals surface area contributed by atoms with Gasteiger partial charge in [-0.1, -0.05) is 101 Å². The van der Waals surface area contributed by atoms with Crippen molar-refractivity contribution < 1.29 is 14.3 Å². The van der Waals surface area contributed by atoms with Crippen molar-refractivity contribution in [1.82, 2.24) is 0 Å². The second-order valence-electron chi connectivity index (χ2n) is 8.45. The zero-order valence-corrected chi connectivity index (χ0v) is 22.5. The summed E-state index contributed by atoms with van der Waals surface area (Å²) in [5.74, 6) is 0.915. The third kappa shape index (κ3) is 6.43. The third-order valence-electron chi connectivity index (χ3n) is 5.95. The molecule has 5 aromatic carbocycles. The lowest BCUT2D eigenvalue weighted by Gasteiger charge is -2.14. The summed E-state index contributed by atoms with van der Waals surface area (Å²) >= 11 is 5.20. The van der Waals surface area contributed by atoms with E-state index in [-0.39, 0.29) is 12.6 Å². The van der Waals surface area contributed by atoms with Crippen LogP contribution in [-0.4, -0.2) is 18.3 Å². The van der Waals surface area contributed by atoms with Crippen LogP contribution in [0.15, 0.2) is 125 Å². The lowest BCUT2D eigenvalue weighted by atomic mass is 10.0. The molecule has 0 spiro atoms. The Kier molecular flexibility index (Phi) is 8.24. The highest BCUT2D eigenvalue weighted by atomic mass is 79.9. The molecule has 3 nitrogen and oxygen atoms in total. The van der Waals surface area contributed by atoms with Gasteiger partial charge in [0.1, 0.15) is 17.9 Å². The first-order valence-corrected chi connectivity index (χ1v) is 13.8. The predicted molar refractivity (Wildman–Crippen MR) is 155 cm³/mol. The molecule has 5 heteroatoms. The van der Waals surface area contributed by atoms with Crippen molar-refractivity contribution in [3.05, 3.63) is 131 Å². The summed E-state index contributed by atoms with van der Waals surface area (Å²) in [5.41, 5.74) is 3.79. The minimum Gasteiger partial charge on any atom is -0.492 e. The maximum absolute atomic E-state index is 13.2. The van der Waals surface area contributed by atoms with Gasteiger partial charge >= 0.3 is 5.97 Å². The summed E-state index contributed by atoms with van der Waals surface area (Å²) in [7, 11) is 0. The van der Waals surface area contributed by atoms with Gasteiger partial charge in [0.2, 0.25) is 0 Å². The summed E-state index contributed by atoms with van der Waals surface area (Å²) in [5, 5.41) is 1.80. The van der Waals surface area contributed by atoms with Crippen LogP contribution in [-0.2, 0) is 11.3 Å². The number of thioether (sulfide) groups is 1. The van der Waals surface area contributed by atoms with E-state index in [1.807, 2.05) is 78.9 Å². The van der Waals surface area contributed by atoms with E-state index >= 15 is 0 Å². The molecule has 0 aliphatic carbocycles. The minimum atomic E-state index is -0.383. The average molecular weight is 570 g/mol. The molecule has 0 amide bonds. The van der Waals surface area contributed by atoms with E-state index in [1.54, 1.807) is 11.8 Å². The van der Waals surface area contributed by atoms with Crippen molar-refractivity contribution in [3.63, 3.8) is 0 Å². The Labute approximate surface area is 229 Å². The van der Waals surface area contributed by atoms with Crippen LogP contribution in [0.3, 0.4) is 0 Å². The number of halogens is 1. The van der Waals surface area contributed by atoms with Crippen LogP contribution in [0.4, 0.5) is 0 Å². The molecule has 0 unspecified atom stereocenters. The number of hydrogen-bond acceptors (Lipinski definition) is 4. The molecule has 0 atom stereocenters. The van der Waals surface area contributed by atoms with E-state index in [0.717, 1.165) is 26.6 Å². The topological polar surface area (TPSA) is 35.5 Å². The van der Waals surface area contributed by atoms with Gasteiger partial charge in [-0.05, 0) is 57.8 Å². The molecule has 0 aliphatic heterocycles. The van der Waals surface area contributed by atoms with Crippen LogP contribution in [0.2, 0.25) is 0 Å². The fraction of sp³-hybridized carbons (Fsp3) is 0.0938. The van der Waals surface area contributed by atoms with E-state index in [9.17, 15) is 4.79 Å². The largest absolute Gasteiger partial charge is 0.492 e.